The van der Waals surface area contributed by atoms with Gasteiger partial charge in [-0.3, -0.25) is 4.79 Å². The highest BCUT2D eigenvalue weighted by molar-refractivity contribution is 7.98. The first-order valence-electron chi connectivity index (χ1n) is 8.95. The lowest BCUT2D eigenvalue weighted by Gasteiger charge is -2.06. The van der Waals surface area contributed by atoms with Gasteiger partial charge in [0.15, 0.2) is 4.80 Å². The largest absolute Gasteiger partial charge is 0.494 e. The second kappa shape index (κ2) is 8.76. The maximum absolute atomic E-state index is 12.8. The Bertz CT molecular complexity index is 1030. The topological polar surface area (TPSA) is 43.6 Å². The minimum Gasteiger partial charge on any atom is -0.494 e. The molecule has 0 bridgehead atoms. The monoisotopic (exact) mass is 400 g/mol. The number of nitrogens with zero attached hydrogens (tertiary/aromatic N) is 2. The van der Waals surface area contributed by atoms with Gasteiger partial charge in [0.25, 0.3) is 5.91 Å². The van der Waals surface area contributed by atoms with Crippen molar-refractivity contribution in [3.63, 3.8) is 0 Å². The van der Waals surface area contributed by atoms with Crippen molar-refractivity contribution in [1.29, 1.82) is 0 Å². The van der Waals surface area contributed by atoms with Gasteiger partial charge in [-0.25, -0.2) is 0 Å². The molecule has 0 aliphatic rings. The second-order valence-corrected chi connectivity index (χ2v) is 8.32. The summed E-state index contributed by atoms with van der Waals surface area (Å²) in [5.74, 6) is 1.61. The van der Waals surface area contributed by atoms with Crippen LogP contribution in [0.5, 0.6) is 5.75 Å². The lowest BCUT2D eigenvalue weighted by atomic mass is 10.1. The van der Waals surface area contributed by atoms with Crippen LogP contribution in [0, 0.1) is 13.8 Å². The summed E-state index contributed by atoms with van der Waals surface area (Å²) < 4.78 is 8.83. The number of hydrogen-bond acceptors (Lipinski definition) is 4. The zero-order valence-electron chi connectivity index (χ0n) is 16.1. The first-order valence-corrected chi connectivity index (χ1v) is 11.2. The number of aromatic nitrogens is 1. The van der Waals surface area contributed by atoms with E-state index in [0.29, 0.717) is 12.2 Å². The fourth-order valence-corrected chi connectivity index (χ4v) is 4.44. The third-order valence-electron chi connectivity index (χ3n) is 4.29. The van der Waals surface area contributed by atoms with Crippen LogP contribution in [0.3, 0.4) is 0 Å². The summed E-state index contributed by atoms with van der Waals surface area (Å²) in [5, 5.41) is 0. The predicted molar refractivity (Wildman–Crippen MR) is 115 cm³/mol. The van der Waals surface area contributed by atoms with E-state index in [1.807, 2.05) is 51.1 Å². The summed E-state index contributed by atoms with van der Waals surface area (Å²) in [4.78, 5) is 18.0. The van der Waals surface area contributed by atoms with Crippen LogP contribution in [-0.2, 0) is 6.54 Å². The predicted octanol–water partition coefficient (Wildman–Crippen LogP) is 4.82. The Balaban J connectivity index is 2.10. The number of thiazole rings is 1. The number of benzene rings is 2. The third-order valence-corrected chi connectivity index (χ3v) is 5.93. The van der Waals surface area contributed by atoms with Crippen LogP contribution < -0.4 is 9.54 Å². The van der Waals surface area contributed by atoms with Crippen LogP contribution in [-0.4, -0.2) is 29.1 Å². The smallest absolute Gasteiger partial charge is 0.279 e. The summed E-state index contributed by atoms with van der Waals surface area (Å²) in [7, 11) is 0. The Hall–Kier alpha value is -2.05. The number of ether oxygens (including phenoxy) is 1. The number of carbonyl (C=O) groups excluding carboxylic acids is 1. The van der Waals surface area contributed by atoms with E-state index in [9.17, 15) is 4.79 Å². The minimum absolute atomic E-state index is 0.193. The molecule has 0 N–H and O–H groups in total. The molecule has 4 nitrogen and oxygen atoms in total. The van der Waals surface area contributed by atoms with E-state index in [2.05, 4.69) is 21.9 Å². The van der Waals surface area contributed by atoms with Crippen molar-refractivity contribution in [2.75, 3.05) is 18.6 Å². The van der Waals surface area contributed by atoms with Crippen LogP contribution >= 0.6 is 23.1 Å². The fraction of sp³-hybridized carbons (Fsp3) is 0.333. The molecule has 1 heterocycles. The molecule has 0 atom stereocenters. The van der Waals surface area contributed by atoms with Crippen LogP contribution in [0.25, 0.3) is 10.2 Å². The average Bonchev–Trinajstić information content (AvgIpc) is 2.96. The van der Waals surface area contributed by atoms with Crippen LogP contribution in [0.15, 0.2) is 41.4 Å². The first kappa shape index (κ1) is 19.7. The van der Waals surface area contributed by atoms with Gasteiger partial charge in [-0.1, -0.05) is 29.0 Å². The minimum atomic E-state index is -0.193. The molecular weight excluding hydrogens is 376 g/mol. The van der Waals surface area contributed by atoms with Gasteiger partial charge >= 0.3 is 0 Å². The van der Waals surface area contributed by atoms with E-state index in [-0.39, 0.29) is 5.91 Å². The maximum atomic E-state index is 12.8. The molecule has 0 radical (unpaired) electrons. The zero-order chi connectivity index (χ0) is 19.4. The molecular formula is C21H24N2O2S2. The third kappa shape index (κ3) is 4.45. The van der Waals surface area contributed by atoms with Crippen molar-refractivity contribution < 1.29 is 9.53 Å². The van der Waals surface area contributed by atoms with E-state index < -0.39 is 0 Å². The molecule has 6 heteroatoms. The zero-order valence-corrected chi connectivity index (χ0v) is 17.7. The maximum Gasteiger partial charge on any atom is 0.279 e. The number of rotatable bonds is 6. The van der Waals surface area contributed by atoms with Crippen molar-refractivity contribution in [1.82, 2.24) is 4.57 Å². The molecule has 0 aliphatic carbocycles. The summed E-state index contributed by atoms with van der Waals surface area (Å²) in [6.45, 7) is 7.40. The van der Waals surface area contributed by atoms with Crippen LogP contribution in [0.2, 0.25) is 0 Å². The molecule has 2 aromatic carbocycles. The number of thioether (sulfide) groups is 1. The molecule has 0 aliphatic heterocycles. The lowest BCUT2D eigenvalue weighted by Crippen LogP contribution is -2.18. The van der Waals surface area contributed by atoms with Gasteiger partial charge in [0.2, 0.25) is 0 Å². The summed E-state index contributed by atoms with van der Waals surface area (Å²) in [6.07, 6.45) is 2.08. The molecule has 142 valence electrons. The van der Waals surface area contributed by atoms with E-state index >= 15 is 0 Å². The van der Waals surface area contributed by atoms with Gasteiger partial charge in [0.05, 0.1) is 16.8 Å². The van der Waals surface area contributed by atoms with Gasteiger partial charge in [0, 0.05) is 17.9 Å². The molecule has 0 spiro atoms. The Kier molecular flexibility index (Phi) is 6.39. The van der Waals surface area contributed by atoms with Crippen molar-refractivity contribution in [2.45, 2.75) is 27.3 Å². The number of hydrogen-bond donors (Lipinski definition) is 0. The fourth-order valence-electron chi connectivity index (χ4n) is 2.99. The van der Waals surface area contributed by atoms with Crippen molar-refractivity contribution in [2.24, 2.45) is 4.99 Å². The summed E-state index contributed by atoms with van der Waals surface area (Å²) in [6, 6.07) is 11.9. The Labute approximate surface area is 167 Å². The molecule has 3 aromatic rings. The summed E-state index contributed by atoms with van der Waals surface area (Å²) >= 11 is 3.31. The first-order chi connectivity index (χ1) is 13.0. The number of carbonyl (C=O) groups is 1. The lowest BCUT2D eigenvalue weighted by molar-refractivity contribution is 0.0997. The van der Waals surface area contributed by atoms with Gasteiger partial charge in [-0.2, -0.15) is 16.8 Å². The Morgan fingerprint density at radius 2 is 2.04 bits per heavy atom. The van der Waals surface area contributed by atoms with E-state index in [1.54, 1.807) is 11.8 Å². The molecule has 3 rings (SSSR count). The normalized spacial score (nSPS) is 11.9. The van der Waals surface area contributed by atoms with Crippen molar-refractivity contribution >= 4 is 39.2 Å². The molecule has 27 heavy (non-hydrogen) atoms. The SMILES string of the molecule is CCOc1ccc2c(c1)sc(=NC(=O)c1ccc(C)cc1C)n2CCSC. The Morgan fingerprint density at radius 1 is 1.22 bits per heavy atom. The highest BCUT2D eigenvalue weighted by atomic mass is 32.2. The van der Waals surface area contributed by atoms with Crippen LogP contribution in [0.1, 0.15) is 28.4 Å². The van der Waals surface area contributed by atoms with Gasteiger partial charge in [0.1, 0.15) is 5.75 Å². The Morgan fingerprint density at radius 3 is 2.74 bits per heavy atom. The molecule has 0 saturated carbocycles. The standard InChI is InChI=1S/C21H24N2O2S2/c1-5-25-16-7-9-18-19(13-16)27-21(23(18)10-11-26-4)22-20(24)17-8-6-14(2)12-15(17)3/h6-9,12-13H,5,10-11H2,1-4H3. The molecule has 0 fully saturated rings. The van der Waals surface area contributed by atoms with Crippen LogP contribution in [0.4, 0.5) is 0 Å². The number of aryl methyl sites for hydroxylation is 3. The second-order valence-electron chi connectivity index (χ2n) is 6.33. The van der Waals surface area contributed by atoms with Gasteiger partial charge in [-0.05, 0) is 56.9 Å². The summed E-state index contributed by atoms with van der Waals surface area (Å²) in [5.41, 5.74) is 3.85. The van der Waals surface area contributed by atoms with E-state index in [4.69, 9.17) is 4.74 Å². The number of amides is 1. The van der Waals surface area contributed by atoms with Gasteiger partial charge < -0.3 is 9.30 Å². The number of fused-ring (bicyclic) bond motifs is 1. The highest BCUT2D eigenvalue weighted by Gasteiger charge is 2.12. The van der Waals surface area contributed by atoms with Crippen molar-refractivity contribution in [3.8, 4) is 5.75 Å². The molecule has 0 saturated heterocycles. The molecule has 1 aromatic heterocycles. The quantitative estimate of drug-likeness (QED) is 0.596. The van der Waals surface area contributed by atoms with E-state index in [0.717, 1.165) is 44.2 Å². The highest BCUT2D eigenvalue weighted by Crippen LogP contribution is 2.24. The molecule has 1 amide bonds. The molecule has 0 unspecified atom stereocenters. The van der Waals surface area contributed by atoms with Crippen molar-refractivity contribution in [3.05, 3.63) is 57.9 Å². The average molecular weight is 401 g/mol. The van der Waals surface area contributed by atoms with Gasteiger partial charge in [-0.15, -0.1) is 0 Å². The van der Waals surface area contributed by atoms with E-state index in [1.165, 1.54) is 11.3 Å².